The molecule has 0 fully saturated rings. The van der Waals surface area contributed by atoms with Gasteiger partial charge in [-0.25, -0.2) is 12.8 Å². The van der Waals surface area contributed by atoms with Crippen LogP contribution >= 0.6 is 11.6 Å². The molecule has 0 aliphatic rings. The number of halogens is 2. The molecule has 0 radical (unpaired) electrons. The largest absolute Gasteiger partial charge is 0.280 e. The van der Waals surface area contributed by atoms with E-state index in [1.54, 1.807) is 30.5 Å². The molecular formula is C15H10ClFN2O2S. The van der Waals surface area contributed by atoms with Gasteiger partial charge in [0.05, 0.1) is 10.5 Å². The number of aromatic nitrogens is 1. The van der Waals surface area contributed by atoms with Gasteiger partial charge in [-0.15, -0.1) is 0 Å². The first kappa shape index (κ1) is 14.7. The zero-order chi connectivity index (χ0) is 15.7. The fourth-order valence-electron chi connectivity index (χ4n) is 2.04. The van der Waals surface area contributed by atoms with Crippen molar-refractivity contribution < 1.29 is 12.8 Å². The van der Waals surface area contributed by atoms with Crippen LogP contribution in [0.3, 0.4) is 0 Å². The average Bonchev–Trinajstić information content (AvgIpc) is 2.46. The molecule has 2 aromatic carbocycles. The molecule has 0 amide bonds. The van der Waals surface area contributed by atoms with E-state index in [9.17, 15) is 12.8 Å². The zero-order valence-electron chi connectivity index (χ0n) is 11.1. The van der Waals surface area contributed by atoms with Gasteiger partial charge in [-0.2, -0.15) is 0 Å². The van der Waals surface area contributed by atoms with Crippen molar-refractivity contribution in [3.8, 4) is 0 Å². The SMILES string of the molecule is O=S(=O)(Nc1ccc2ncccc2c1)c1ccc(F)cc1Cl. The quantitative estimate of drug-likeness (QED) is 0.790. The van der Waals surface area contributed by atoms with Crippen molar-refractivity contribution in [2.24, 2.45) is 0 Å². The lowest BCUT2D eigenvalue weighted by molar-refractivity contribution is 0.600. The number of anilines is 1. The van der Waals surface area contributed by atoms with Crippen molar-refractivity contribution in [3.05, 3.63) is 65.6 Å². The van der Waals surface area contributed by atoms with Crippen LogP contribution in [-0.4, -0.2) is 13.4 Å². The van der Waals surface area contributed by atoms with E-state index in [1.165, 1.54) is 0 Å². The van der Waals surface area contributed by atoms with Gasteiger partial charge in [-0.05, 0) is 42.5 Å². The van der Waals surface area contributed by atoms with Crippen molar-refractivity contribution in [1.82, 2.24) is 4.98 Å². The molecule has 0 unspecified atom stereocenters. The highest BCUT2D eigenvalue weighted by atomic mass is 35.5. The van der Waals surface area contributed by atoms with Crippen molar-refractivity contribution in [2.45, 2.75) is 4.90 Å². The first-order chi connectivity index (χ1) is 10.5. The molecule has 0 spiro atoms. The average molecular weight is 337 g/mol. The molecule has 4 nitrogen and oxygen atoms in total. The van der Waals surface area contributed by atoms with Crippen LogP contribution < -0.4 is 4.72 Å². The molecule has 1 N–H and O–H groups in total. The van der Waals surface area contributed by atoms with E-state index in [1.807, 2.05) is 6.07 Å². The number of nitrogens with one attached hydrogen (secondary N) is 1. The minimum atomic E-state index is -3.90. The number of hydrogen-bond donors (Lipinski definition) is 1. The Balaban J connectivity index is 1.99. The van der Waals surface area contributed by atoms with Crippen LogP contribution in [0.1, 0.15) is 0 Å². The Kier molecular flexibility index (Phi) is 3.72. The van der Waals surface area contributed by atoms with E-state index in [0.717, 1.165) is 29.1 Å². The molecule has 0 saturated carbocycles. The van der Waals surface area contributed by atoms with Crippen LogP contribution in [0.2, 0.25) is 5.02 Å². The normalized spacial score (nSPS) is 11.5. The lowest BCUT2D eigenvalue weighted by Gasteiger charge is -2.10. The molecule has 7 heteroatoms. The summed E-state index contributed by atoms with van der Waals surface area (Å²) in [5.74, 6) is -0.597. The second-order valence-electron chi connectivity index (χ2n) is 4.59. The predicted molar refractivity (Wildman–Crippen MR) is 84.0 cm³/mol. The van der Waals surface area contributed by atoms with Gasteiger partial charge in [-0.1, -0.05) is 17.7 Å². The smallest absolute Gasteiger partial charge is 0.263 e. The standard InChI is InChI=1S/C15H10ClFN2O2S/c16-13-9-11(17)3-6-15(13)22(20,21)19-12-4-5-14-10(8-12)2-1-7-18-14/h1-9,19H. The Bertz CT molecular complexity index is 961. The number of benzene rings is 2. The van der Waals surface area contributed by atoms with Gasteiger partial charge >= 0.3 is 0 Å². The fraction of sp³-hybridized carbons (Fsp3) is 0. The Morgan fingerprint density at radius 1 is 1.09 bits per heavy atom. The van der Waals surface area contributed by atoms with E-state index >= 15 is 0 Å². The summed E-state index contributed by atoms with van der Waals surface area (Å²) in [6, 6.07) is 11.7. The summed E-state index contributed by atoms with van der Waals surface area (Å²) in [5.41, 5.74) is 1.13. The summed E-state index contributed by atoms with van der Waals surface area (Å²) in [7, 11) is -3.90. The molecule has 1 aromatic heterocycles. The van der Waals surface area contributed by atoms with Gasteiger partial charge in [0.1, 0.15) is 10.7 Å². The summed E-state index contributed by atoms with van der Waals surface area (Å²) in [5, 5.41) is 0.628. The lowest BCUT2D eigenvalue weighted by Crippen LogP contribution is -2.13. The molecule has 0 atom stereocenters. The van der Waals surface area contributed by atoms with Gasteiger partial charge in [-0.3, -0.25) is 9.71 Å². The van der Waals surface area contributed by atoms with E-state index in [-0.39, 0.29) is 9.92 Å². The maximum Gasteiger partial charge on any atom is 0.263 e. The monoisotopic (exact) mass is 336 g/mol. The van der Waals surface area contributed by atoms with Gasteiger partial charge in [0.2, 0.25) is 0 Å². The summed E-state index contributed by atoms with van der Waals surface area (Å²) >= 11 is 5.81. The Morgan fingerprint density at radius 2 is 1.91 bits per heavy atom. The number of pyridine rings is 1. The second-order valence-corrected chi connectivity index (χ2v) is 6.65. The maximum absolute atomic E-state index is 13.0. The Hall–Kier alpha value is -2.18. The Labute approximate surface area is 131 Å². The highest BCUT2D eigenvalue weighted by molar-refractivity contribution is 7.92. The summed E-state index contributed by atoms with van der Waals surface area (Å²) < 4.78 is 40.1. The molecular weight excluding hydrogens is 327 g/mol. The fourth-order valence-corrected chi connectivity index (χ4v) is 3.62. The summed E-state index contributed by atoms with van der Waals surface area (Å²) in [6.07, 6.45) is 1.66. The third kappa shape index (κ3) is 2.88. The van der Waals surface area contributed by atoms with Gasteiger partial charge in [0.25, 0.3) is 10.0 Å². The van der Waals surface area contributed by atoms with Gasteiger partial charge in [0.15, 0.2) is 0 Å². The number of nitrogens with zero attached hydrogens (tertiary/aromatic N) is 1. The van der Waals surface area contributed by atoms with Crippen LogP contribution in [0, 0.1) is 5.82 Å². The molecule has 22 heavy (non-hydrogen) atoms. The third-order valence-electron chi connectivity index (χ3n) is 3.04. The highest BCUT2D eigenvalue weighted by Gasteiger charge is 2.18. The molecule has 3 rings (SSSR count). The summed E-state index contributed by atoms with van der Waals surface area (Å²) in [6.45, 7) is 0. The molecule has 1 heterocycles. The van der Waals surface area contributed by atoms with Crippen LogP contribution in [0.5, 0.6) is 0 Å². The van der Waals surface area contributed by atoms with Gasteiger partial charge < -0.3 is 0 Å². The van der Waals surface area contributed by atoms with E-state index in [4.69, 9.17) is 11.6 Å². The first-order valence-electron chi connectivity index (χ1n) is 6.28. The lowest BCUT2D eigenvalue weighted by atomic mass is 10.2. The molecule has 0 bridgehead atoms. The minimum absolute atomic E-state index is 0.171. The minimum Gasteiger partial charge on any atom is -0.280 e. The number of sulfonamides is 1. The third-order valence-corrected chi connectivity index (χ3v) is 4.90. The molecule has 3 aromatic rings. The molecule has 0 aliphatic carbocycles. The number of fused-ring (bicyclic) bond motifs is 1. The predicted octanol–water partition coefficient (Wildman–Crippen LogP) is 3.83. The first-order valence-corrected chi connectivity index (χ1v) is 8.14. The zero-order valence-corrected chi connectivity index (χ0v) is 12.7. The molecule has 0 saturated heterocycles. The second kappa shape index (κ2) is 5.55. The van der Waals surface area contributed by atoms with E-state index in [2.05, 4.69) is 9.71 Å². The van der Waals surface area contributed by atoms with E-state index in [0.29, 0.717) is 5.69 Å². The van der Waals surface area contributed by atoms with Crippen LogP contribution in [0.25, 0.3) is 10.9 Å². The summed E-state index contributed by atoms with van der Waals surface area (Å²) in [4.78, 5) is 3.98. The van der Waals surface area contributed by atoms with Crippen LogP contribution in [0.4, 0.5) is 10.1 Å². The Morgan fingerprint density at radius 3 is 2.68 bits per heavy atom. The molecule has 0 aliphatic heterocycles. The van der Waals surface area contributed by atoms with Crippen molar-refractivity contribution in [2.75, 3.05) is 4.72 Å². The van der Waals surface area contributed by atoms with Crippen LogP contribution in [-0.2, 0) is 10.0 Å². The van der Waals surface area contributed by atoms with Crippen molar-refractivity contribution in [1.29, 1.82) is 0 Å². The van der Waals surface area contributed by atoms with Crippen molar-refractivity contribution >= 4 is 38.2 Å². The molecule has 112 valence electrons. The number of hydrogen-bond acceptors (Lipinski definition) is 3. The van der Waals surface area contributed by atoms with E-state index < -0.39 is 15.8 Å². The highest BCUT2D eigenvalue weighted by Crippen LogP contribution is 2.25. The van der Waals surface area contributed by atoms with Gasteiger partial charge in [0, 0.05) is 17.3 Å². The maximum atomic E-state index is 13.0. The van der Waals surface area contributed by atoms with Crippen molar-refractivity contribution in [3.63, 3.8) is 0 Å². The van der Waals surface area contributed by atoms with Crippen LogP contribution in [0.15, 0.2) is 59.6 Å². The topological polar surface area (TPSA) is 59.1 Å². The number of rotatable bonds is 3.